The van der Waals surface area contributed by atoms with Crippen molar-refractivity contribution in [2.45, 2.75) is 45.3 Å². The molecular formula is C12H23IN2OSi. The molecule has 98 valence electrons. The van der Waals surface area contributed by atoms with Crippen LogP contribution in [-0.4, -0.2) is 24.7 Å². The summed E-state index contributed by atoms with van der Waals surface area (Å²) in [7, 11) is 0.385. The highest BCUT2D eigenvalue weighted by molar-refractivity contribution is 14.1. The Morgan fingerprint density at radius 3 is 2.41 bits per heavy atom. The molecule has 3 nitrogen and oxygen atoms in total. The summed E-state index contributed by atoms with van der Waals surface area (Å²) in [6.45, 7) is 12.2. The van der Waals surface area contributed by atoms with Gasteiger partial charge in [0.15, 0.2) is 8.32 Å². The molecule has 0 aliphatic carbocycles. The van der Waals surface area contributed by atoms with Crippen molar-refractivity contribution in [1.82, 2.24) is 9.78 Å². The Kier molecular flexibility index (Phi) is 4.82. The molecule has 0 saturated heterocycles. The maximum absolute atomic E-state index is 6.17. The van der Waals surface area contributed by atoms with Crippen LogP contribution in [0, 0.1) is 3.57 Å². The van der Waals surface area contributed by atoms with Crippen molar-refractivity contribution in [2.24, 2.45) is 7.05 Å². The number of aryl methyl sites for hydroxylation is 1. The van der Waals surface area contributed by atoms with Crippen molar-refractivity contribution < 1.29 is 4.43 Å². The van der Waals surface area contributed by atoms with E-state index in [2.05, 4.69) is 61.6 Å². The van der Waals surface area contributed by atoms with Crippen LogP contribution in [0.3, 0.4) is 0 Å². The molecular weight excluding hydrogens is 343 g/mol. The van der Waals surface area contributed by atoms with E-state index in [0.29, 0.717) is 0 Å². The molecule has 17 heavy (non-hydrogen) atoms. The van der Waals surface area contributed by atoms with Crippen molar-refractivity contribution in [3.63, 3.8) is 0 Å². The average Bonchev–Trinajstić information content (AvgIpc) is 2.47. The van der Waals surface area contributed by atoms with E-state index >= 15 is 0 Å². The third-order valence-corrected chi connectivity index (χ3v) is 9.06. The molecule has 1 aromatic heterocycles. The smallest absolute Gasteiger partial charge is 0.191 e. The van der Waals surface area contributed by atoms with Gasteiger partial charge in [-0.25, -0.2) is 0 Å². The second-order valence-electron chi connectivity index (χ2n) is 5.92. The first-order valence-electron chi connectivity index (χ1n) is 5.95. The Morgan fingerprint density at radius 2 is 2.00 bits per heavy atom. The lowest BCUT2D eigenvalue weighted by Crippen LogP contribution is -2.41. The number of aromatic nitrogens is 2. The summed E-state index contributed by atoms with van der Waals surface area (Å²) in [6.07, 6.45) is 2.85. The zero-order chi connectivity index (χ0) is 13.3. The molecule has 0 aliphatic rings. The van der Waals surface area contributed by atoms with Crippen molar-refractivity contribution in [2.75, 3.05) is 6.61 Å². The molecule has 1 heterocycles. The number of halogens is 1. The van der Waals surface area contributed by atoms with Crippen molar-refractivity contribution in [3.05, 3.63) is 15.5 Å². The lowest BCUT2D eigenvalue weighted by atomic mass is 10.2. The van der Waals surface area contributed by atoms with E-state index in [4.69, 9.17) is 4.43 Å². The summed E-state index contributed by atoms with van der Waals surface area (Å²) in [5.41, 5.74) is 1.27. The molecule has 0 saturated carbocycles. The van der Waals surface area contributed by atoms with Crippen molar-refractivity contribution in [3.8, 4) is 0 Å². The van der Waals surface area contributed by atoms with Crippen LogP contribution >= 0.6 is 22.6 Å². The van der Waals surface area contributed by atoms with Crippen LogP contribution in [0.4, 0.5) is 0 Å². The maximum Gasteiger partial charge on any atom is 0.191 e. The van der Waals surface area contributed by atoms with Crippen molar-refractivity contribution in [1.29, 1.82) is 0 Å². The van der Waals surface area contributed by atoms with Crippen LogP contribution in [-0.2, 0) is 17.9 Å². The number of rotatable bonds is 4. The van der Waals surface area contributed by atoms with Gasteiger partial charge in [-0.15, -0.1) is 0 Å². The van der Waals surface area contributed by atoms with Crippen LogP contribution in [0.15, 0.2) is 6.20 Å². The Bertz CT molecular complexity index is 363. The molecule has 0 amide bonds. The lowest BCUT2D eigenvalue weighted by molar-refractivity contribution is 0.289. The summed E-state index contributed by atoms with van der Waals surface area (Å²) in [5, 5.41) is 4.53. The first kappa shape index (κ1) is 15.2. The van der Waals surface area contributed by atoms with E-state index in [1.807, 2.05) is 17.9 Å². The number of nitrogens with zero attached hydrogens (tertiary/aromatic N) is 2. The first-order chi connectivity index (χ1) is 7.65. The molecule has 0 aromatic carbocycles. The molecule has 0 spiro atoms. The average molecular weight is 366 g/mol. The van der Waals surface area contributed by atoms with Gasteiger partial charge in [-0.1, -0.05) is 20.8 Å². The third kappa shape index (κ3) is 3.79. The number of hydrogen-bond acceptors (Lipinski definition) is 2. The zero-order valence-electron chi connectivity index (χ0n) is 11.7. The second-order valence-corrected chi connectivity index (χ2v) is 11.9. The molecule has 0 atom stereocenters. The van der Waals surface area contributed by atoms with Gasteiger partial charge in [0.1, 0.15) is 0 Å². The van der Waals surface area contributed by atoms with Crippen LogP contribution in [0.5, 0.6) is 0 Å². The molecule has 0 aliphatic heterocycles. The topological polar surface area (TPSA) is 27.1 Å². The van der Waals surface area contributed by atoms with Crippen molar-refractivity contribution >= 4 is 30.9 Å². The standard InChI is InChI=1S/C12H23IN2OSi/c1-12(2,3)17(5,6)16-8-7-11-10(13)9-14-15(11)4/h9H,7-8H2,1-6H3. The van der Waals surface area contributed by atoms with E-state index in [1.165, 1.54) is 9.26 Å². The largest absolute Gasteiger partial charge is 0.416 e. The maximum atomic E-state index is 6.17. The van der Waals surface area contributed by atoms with Gasteiger partial charge < -0.3 is 4.43 Å². The minimum absolute atomic E-state index is 0.284. The predicted octanol–water partition coefficient (Wildman–Crippen LogP) is 3.59. The van der Waals surface area contributed by atoms with Crippen LogP contribution in [0.25, 0.3) is 0 Å². The highest BCUT2D eigenvalue weighted by atomic mass is 127. The molecule has 1 rings (SSSR count). The molecule has 0 N–H and O–H groups in total. The van der Waals surface area contributed by atoms with Gasteiger partial charge in [0.25, 0.3) is 0 Å². The molecule has 0 unspecified atom stereocenters. The summed E-state index contributed by atoms with van der Waals surface area (Å²) in [4.78, 5) is 0. The Morgan fingerprint density at radius 1 is 1.41 bits per heavy atom. The van der Waals surface area contributed by atoms with Gasteiger partial charge in [0.2, 0.25) is 0 Å². The van der Waals surface area contributed by atoms with Crippen LogP contribution in [0.2, 0.25) is 18.1 Å². The second kappa shape index (κ2) is 5.40. The normalized spacial score (nSPS) is 13.1. The molecule has 1 aromatic rings. The van der Waals surface area contributed by atoms with Gasteiger partial charge in [-0.3, -0.25) is 4.68 Å². The Balaban J connectivity index is 2.54. The molecule has 0 fully saturated rings. The lowest BCUT2D eigenvalue weighted by Gasteiger charge is -2.36. The quantitative estimate of drug-likeness (QED) is 0.602. The van der Waals surface area contributed by atoms with Gasteiger partial charge >= 0.3 is 0 Å². The molecule has 5 heteroatoms. The van der Waals surface area contributed by atoms with Gasteiger partial charge in [-0.2, -0.15) is 5.10 Å². The Hall–Kier alpha value is 0.117. The number of hydrogen-bond donors (Lipinski definition) is 0. The van der Waals surface area contributed by atoms with Crippen LogP contribution < -0.4 is 0 Å². The SMILES string of the molecule is Cn1ncc(I)c1CCO[Si](C)(C)C(C)(C)C. The van der Waals surface area contributed by atoms with Gasteiger partial charge in [0, 0.05) is 20.1 Å². The fraction of sp³-hybridized carbons (Fsp3) is 0.750. The predicted molar refractivity (Wildman–Crippen MR) is 82.8 cm³/mol. The highest BCUT2D eigenvalue weighted by Crippen LogP contribution is 2.36. The summed E-state index contributed by atoms with van der Waals surface area (Å²) in [5.74, 6) is 0. The summed E-state index contributed by atoms with van der Waals surface area (Å²) < 4.78 is 9.34. The van der Waals surface area contributed by atoms with Gasteiger partial charge in [0.05, 0.1) is 15.5 Å². The summed E-state index contributed by atoms with van der Waals surface area (Å²) in [6, 6.07) is 0. The monoisotopic (exact) mass is 366 g/mol. The highest BCUT2D eigenvalue weighted by Gasteiger charge is 2.36. The minimum atomic E-state index is -1.61. The first-order valence-corrected chi connectivity index (χ1v) is 9.94. The minimum Gasteiger partial charge on any atom is -0.416 e. The van der Waals surface area contributed by atoms with E-state index in [9.17, 15) is 0 Å². The third-order valence-electron chi connectivity index (χ3n) is 3.62. The van der Waals surface area contributed by atoms with Crippen LogP contribution in [0.1, 0.15) is 26.5 Å². The molecule has 0 bridgehead atoms. The van der Waals surface area contributed by atoms with E-state index in [1.54, 1.807) is 0 Å². The Labute approximate surface area is 119 Å². The molecule has 0 radical (unpaired) electrons. The van der Waals surface area contributed by atoms with E-state index in [-0.39, 0.29) is 5.04 Å². The van der Waals surface area contributed by atoms with E-state index < -0.39 is 8.32 Å². The van der Waals surface area contributed by atoms with Gasteiger partial charge in [-0.05, 0) is 40.7 Å². The fourth-order valence-corrected chi connectivity index (χ4v) is 3.13. The fourth-order valence-electron chi connectivity index (χ4n) is 1.34. The summed E-state index contributed by atoms with van der Waals surface area (Å²) >= 11 is 2.33. The zero-order valence-corrected chi connectivity index (χ0v) is 14.8. The van der Waals surface area contributed by atoms with E-state index in [0.717, 1.165) is 13.0 Å².